The molecule has 0 spiro atoms. The maximum absolute atomic E-state index is 13.0. The highest BCUT2D eigenvalue weighted by atomic mass is 19.1. The van der Waals surface area contributed by atoms with E-state index >= 15 is 0 Å². The first kappa shape index (κ1) is 9.90. The lowest BCUT2D eigenvalue weighted by molar-refractivity contribution is 0.335. The van der Waals surface area contributed by atoms with Crippen LogP contribution in [0.3, 0.4) is 0 Å². The van der Waals surface area contributed by atoms with Crippen molar-refractivity contribution in [2.75, 3.05) is 0 Å². The molecule has 2 heteroatoms. The summed E-state index contributed by atoms with van der Waals surface area (Å²) >= 11 is 0. The third-order valence-corrected chi connectivity index (χ3v) is 1.77. The maximum Gasteiger partial charge on any atom is 0.123 e. The minimum Gasteiger partial charge on any atom is -0.247 e. The van der Waals surface area contributed by atoms with E-state index in [0.29, 0.717) is 12.0 Å². The zero-order valence-corrected chi connectivity index (χ0v) is 7.34. The standard InChI is InChI=1S/C11H12F2/c1-2-4-10(12)7-9-5-3-6-11(13)8-9/h2-3,5-6,8,10H,1,4,7H2. The fourth-order valence-electron chi connectivity index (χ4n) is 1.18. The van der Waals surface area contributed by atoms with Crippen molar-refractivity contribution >= 4 is 0 Å². The first-order valence-corrected chi connectivity index (χ1v) is 4.22. The second-order valence-corrected chi connectivity index (χ2v) is 2.96. The van der Waals surface area contributed by atoms with Crippen LogP contribution < -0.4 is 0 Å². The van der Waals surface area contributed by atoms with Gasteiger partial charge in [-0.05, 0) is 24.1 Å². The van der Waals surface area contributed by atoms with E-state index in [1.807, 2.05) is 0 Å². The topological polar surface area (TPSA) is 0 Å². The molecule has 0 aliphatic heterocycles. The summed E-state index contributed by atoms with van der Waals surface area (Å²) in [6.07, 6.45) is 1.14. The second-order valence-electron chi connectivity index (χ2n) is 2.96. The number of allylic oxidation sites excluding steroid dienone is 1. The fraction of sp³-hybridized carbons (Fsp3) is 0.273. The number of halogens is 2. The molecular weight excluding hydrogens is 170 g/mol. The maximum atomic E-state index is 13.0. The molecule has 0 aromatic heterocycles. The zero-order chi connectivity index (χ0) is 9.68. The lowest BCUT2D eigenvalue weighted by atomic mass is 10.1. The van der Waals surface area contributed by atoms with Crippen molar-refractivity contribution in [3.05, 3.63) is 48.3 Å². The molecule has 1 aromatic rings. The van der Waals surface area contributed by atoms with Crippen molar-refractivity contribution < 1.29 is 8.78 Å². The summed E-state index contributed by atoms with van der Waals surface area (Å²) in [7, 11) is 0. The number of rotatable bonds is 4. The van der Waals surface area contributed by atoms with Gasteiger partial charge < -0.3 is 0 Å². The predicted octanol–water partition coefficient (Wildman–Crippen LogP) is 3.28. The van der Waals surface area contributed by atoms with Crippen LogP contribution in [0.1, 0.15) is 12.0 Å². The highest BCUT2D eigenvalue weighted by molar-refractivity contribution is 5.17. The van der Waals surface area contributed by atoms with Gasteiger partial charge in [0.2, 0.25) is 0 Å². The van der Waals surface area contributed by atoms with Crippen LogP contribution in [0, 0.1) is 5.82 Å². The molecule has 0 N–H and O–H groups in total. The average molecular weight is 182 g/mol. The van der Waals surface area contributed by atoms with Crippen LogP contribution in [-0.2, 0) is 6.42 Å². The molecule has 1 rings (SSSR count). The van der Waals surface area contributed by atoms with E-state index in [1.54, 1.807) is 12.1 Å². The number of benzene rings is 1. The second kappa shape index (κ2) is 4.75. The summed E-state index contributed by atoms with van der Waals surface area (Å²) in [6.45, 7) is 3.45. The summed E-state index contributed by atoms with van der Waals surface area (Å²) in [5, 5.41) is 0. The summed E-state index contributed by atoms with van der Waals surface area (Å²) < 4.78 is 25.7. The van der Waals surface area contributed by atoms with Crippen LogP contribution in [0.4, 0.5) is 8.78 Å². The van der Waals surface area contributed by atoms with Crippen LogP contribution in [0.2, 0.25) is 0 Å². The van der Waals surface area contributed by atoms with Gasteiger partial charge in [0.05, 0.1) is 0 Å². The molecule has 0 bridgehead atoms. The summed E-state index contributed by atoms with van der Waals surface area (Å²) in [6, 6.07) is 6.02. The SMILES string of the molecule is C=CCC(F)Cc1cccc(F)c1. The van der Waals surface area contributed by atoms with E-state index in [2.05, 4.69) is 6.58 Å². The van der Waals surface area contributed by atoms with Gasteiger partial charge in [0.15, 0.2) is 0 Å². The molecule has 0 radical (unpaired) electrons. The van der Waals surface area contributed by atoms with Crippen molar-refractivity contribution in [2.24, 2.45) is 0 Å². The van der Waals surface area contributed by atoms with Gasteiger partial charge in [-0.3, -0.25) is 0 Å². The lowest BCUT2D eigenvalue weighted by Crippen LogP contribution is -2.03. The lowest BCUT2D eigenvalue weighted by Gasteiger charge is -2.04. The Balaban J connectivity index is 2.58. The van der Waals surface area contributed by atoms with Crippen LogP contribution in [0.25, 0.3) is 0 Å². The molecule has 0 amide bonds. The van der Waals surface area contributed by atoms with Gasteiger partial charge in [-0.25, -0.2) is 8.78 Å². The Morgan fingerprint density at radius 3 is 2.85 bits per heavy atom. The van der Waals surface area contributed by atoms with Gasteiger partial charge in [0.1, 0.15) is 12.0 Å². The summed E-state index contributed by atoms with van der Waals surface area (Å²) in [5.41, 5.74) is 0.689. The van der Waals surface area contributed by atoms with Gasteiger partial charge in [0, 0.05) is 6.42 Å². The van der Waals surface area contributed by atoms with Crippen molar-refractivity contribution in [3.8, 4) is 0 Å². The van der Waals surface area contributed by atoms with E-state index in [-0.39, 0.29) is 12.2 Å². The van der Waals surface area contributed by atoms with Crippen molar-refractivity contribution in [1.29, 1.82) is 0 Å². The summed E-state index contributed by atoms with van der Waals surface area (Å²) in [5.74, 6) is -0.316. The molecule has 1 unspecified atom stereocenters. The Hall–Kier alpha value is -1.18. The fourth-order valence-corrected chi connectivity index (χ4v) is 1.18. The van der Waals surface area contributed by atoms with E-state index in [9.17, 15) is 8.78 Å². The van der Waals surface area contributed by atoms with Crippen molar-refractivity contribution in [1.82, 2.24) is 0 Å². The first-order valence-electron chi connectivity index (χ1n) is 4.22. The molecule has 0 saturated heterocycles. The Kier molecular flexibility index (Phi) is 3.62. The van der Waals surface area contributed by atoms with Gasteiger partial charge >= 0.3 is 0 Å². The van der Waals surface area contributed by atoms with E-state index < -0.39 is 6.17 Å². The smallest absolute Gasteiger partial charge is 0.123 e. The zero-order valence-electron chi connectivity index (χ0n) is 7.34. The van der Waals surface area contributed by atoms with Crippen LogP contribution in [0.15, 0.2) is 36.9 Å². The van der Waals surface area contributed by atoms with E-state index in [0.717, 1.165) is 0 Å². The van der Waals surface area contributed by atoms with Gasteiger partial charge in [-0.1, -0.05) is 18.2 Å². The molecule has 0 nitrogen and oxygen atoms in total. The van der Waals surface area contributed by atoms with Crippen molar-refractivity contribution in [3.63, 3.8) is 0 Å². The third-order valence-electron chi connectivity index (χ3n) is 1.77. The summed E-state index contributed by atoms with van der Waals surface area (Å²) in [4.78, 5) is 0. The molecule has 0 saturated carbocycles. The molecule has 1 aromatic carbocycles. The Morgan fingerprint density at radius 1 is 1.46 bits per heavy atom. The van der Waals surface area contributed by atoms with Crippen LogP contribution in [0.5, 0.6) is 0 Å². The quantitative estimate of drug-likeness (QED) is 0.627. The van der Waals surface area contributed by atoms with Gasteiger partial charge in [-0.15, -0.1) is 6.58 Å². The minimum atomic E-state index is -0.959. The minimum absolute atomic E-state index is 0.254. The number of hydrogen-bond donors (Lipinski definition) is 0. The molecule has 0 heterocycles. The molecule has 0 fully saturated rings. The monoisotopic (exact) mass is 182 g/mol. The third kappa shape index (κ3) is 3.36. The molecule has 0 aliphatic carbocycles. The molecule has 1 atom stereocenters. The molecule has 13 heavy (non-hydrogen) atoms. The number of hydrogen-bond acceptors (Lipinski definition) is 0. The van der Waals surface area contributed by atoms with Crippen LogP contribution >= 0.6 is 0 Å². The normalized spacial score (nSPS) is 12.5. The largest absolute Gasteiger partial charge is 0.247 e. The Labute approximate surface area is 76.9 Å². The van der Waals surface area contributed by atoms with E-state index in [4.69, 9.17) is 0 Å². The highest BCUT2D eigenvalue weighted by Gasteiger charge is 2.05. The molecule has 70 valence electrons. The Morgan fingerprint density at radius 2 is 2.23 bits per heavy atom. The van der Waals surface area contributed by atoms with Gasteiger partial charge in [0.25, 0.3) is 0 Å². The molecular formula is C11H12F2. The van der Waals surface area contributed by atoms with Crippen molar-refractivity contribution in [2.45, 2.75) is 19.0 Å². The predicted molar refractivity (Wildman–Crippen MR) is 49.8 cm³/mol. The highest BCUT2D eigenvalue weighted by Crippen LogP contribution is 2.10. The van der Waals surface area contributed by atoms with Crippen LogP contribution in [-0.4, -0.2) is 6.17 Å². The van der Waals surface area contributed by atoms with Gasteiger partial charge in [-0.2, -0.15) is 0 Å². The first-order chi connectivity index (χ1) is 6.22. The molecule has 0 aliphatic rings. The number of alkyl halides is 1. The average Bonchev–Trinajstić information content (AvgIpc) is 2.04. The van der Waals surface area contributed by atoms with E-state index in [1.165, 1.54) is 18.2 Å². The Bertz CT molecular complexity index is 281.